The van der Waals surface area contributed by atoms with E-state index in [9.17, 15) is 9.50 Å². The summed E-state index contributed by atoms with van der Waals surface area (Å²) in [6.45, 7) is 2.12. The molecule has 0 radical (unpaired) electrons. The molecule has 0 bridgehead atoms. The summed E-state index contributed by atoms with van der Waals surface area (Å²) < 4.78 is 14.4. The first-order valence-corrected chi connectivity index (χ1v) is 7.13. The predicted octanol–water partition coefficient (Wildman–Crippen LogP) is 4.62. The molecular weight excluding hydrogens is 307 g/mol. The van der Waals surface area contributed by atoms with E-state index in [0.717, 1.165) is 12.8 Å². The molecule has 2 aromatic rings. The minimum atomic E-state index is -0.953. The average molecular weight is 323 g/mol. The second-order valence-corrected chi connectivity index (χ2v) is 5.38. The van der Waals surface area contributed by atoms with Gasteiger partial charge in [-0.15, -0.1) is 0 Å². The molecule has 0 aliphatic carbocycles. The number of halogens is 2. The standard InChI is InChI=1S/C16H16BrFO/c1-2-4-11-7-9-12(10-8-11)16(19)15-13(17)5-3-6-14(15)18/h3,5-10,16,19H,2,4H2,1H3. The van der Waals surface area contributed by atoms with Crippen molar-refractivity contribution in [2.45, 2.75) is 25.9 Å². The van der Waals surface area contributed by atoms with Crippen LogP contribution in [-0.2, 0) is 6.42 Å². The van der Waals surface area contributed by atoms with E-state index in [0.29, 0.717) is 10.0 Å². The molecule has 0 amide bonds. The van der Waals surface area contributed by atoms with Crippen LogP contribution in [0.15, 0.2) is 46.9 Å². The normalized spacial score (nSPS) is 12.4. The molecule has 3 heteroatoms. The number of benzene rings is 2. The third kappa shape index (κ3) is 3.23. The molecule has 0 fully saturated rings. The monoisotopic (exact) mass is 322 g/mol. The number of aliphatic hydroxyl groups excluding tert-OH is 1. The van der Waals surface area contributed by atoms with Crippen molar-refractivity contribution in [3.05, 3.63) is 69.4 Å². The van der Waals surface area contributed by atoms with Gasteiger partial charge in [0.15, 0.2) is 0 Å². The molecule has 0 heterocycles. The van der Waals surface area contributed by atoms with Crippen molar-refractivity contribution in [1.82, 2.24) is 0 Å². The van der Waals surface area contributed by atoms with Crippen LogP contribution >= 0.6 is 15.9 Å². The van der Waals surface area contributed by atoms with Crippen LogP contribution in [0.4, 0.5) is 4.39 Å². The first-order chi connectivity index (χ1) is 9.13. The second-order valence-electron chi connectivity index (χ2n) is 4.53. The fourth-order valence-corrected chi connectivity index (χ4v) is 2.65. The fourth-order valence-electron chi connectivity index (χ4n) is 2.09. The number of rotatable bonds is 4. The van der Waals surface area contributed by atoms with E-state index in [1.807, 2.05) is 24.3 Å². The van der Waals surface area contributed by atoms with Gasteiger partial charge in [0.05, 0.1) is 0 Å². The van der Waals surface area contributed by atoms with Crippen molar-refractivity contribution in [1.29, 1.82) is 0 Å². The quantitative estimate of drug-likeness (QED) is 0.870. The number of hydrogen-bond acceptors (Lipinski definition) is 1. The highest BCUT2D eigenvalue weighted by Crippen LogP contribution is 2.30. The Morgan fingerprint density at radius 3 is 2.42 bits per heavy atom. The molecule has 1 unspecified atom stereocenters. The Morgan fingerprint density at radius 1 is 1.16 bits per heavy atom. The molecule has 0 saturated heterocycles. The third-order valence-corrected chi connectivity index (χ3v) is 3.80. The minimum absolute atomic E-state index is 0.283. The van der Waals surface area contributed by atoms with Gasteiger partial charge < -0.3 is 5.11 Å². The summed E-state index contributed by atoms with van der Waals surface area (Å²) >= 11 is 3.28. The van der Waals surface area contributed by atoms with Crippen LogP contribution in [0.2, 0.25) is 0 Å². The number of hydrogen-bond donors (Lipinski definition) is 1. The highest BCUT2D eigenvalue weighted by molar-refractivity contribution is 9.10. The number of aliphatic hydroxyl groups is 1. The molecule has 0 aliphatic rings. The maximum atomic E-state index is 13.8. The Bertz CT molecular complexity index is 531. The van der Waals surface area contributed by atoms with Crippen molar-refractivity contribution in [3.8, 4) is 0 Å². The van der Waals surface area contributed by atoms with Crippen LogP contribution in [0.25, 0.3) is 0 Å². The summed E-state index contributed by atoms with van der Waals surface area (Å²) in [7, 11) is 0. The average Bonchev–Trinajstić information content (AvgIpc) is 2.39. The molecule has 0 spiro atoms. The van der Waals surface area contributed by atoms with Crippen LogP contribution in [0, 0.1) is 5.82 Å². The fraction of sp³-hybridized carbons (Fsp3) is 0.250. The van der Waals surface area contributed by atoms with Gasteiger partial charge in [-0.2, -0.15) is 0 Å². The summed E-state index contributed by atoms with van der Waals surface area (Å²) in [4.78, 5) is 0. The second kappa shape index (κ2) is 6.31. The first-order valence-electron chi connectivity index (χ1n) is 6.34. The zero-order valence-corrected chi connectivity index (χ0v) is 12.3. The Kier molecular flexibility index (Phi) is 4.72. The zero-order chi connectivity index (χ0) is 13.8. The summed E-state index contributed by atoms with van der Waals surface area (Å²) in [5, 5.41) is 10.3. The minimum Gasteiger partial charge on any atom is -0.384 e. The Morgan fingerprint density at radius 2 is 1.84 bits per heavy atom. The van der Waals surface area contributed by atoms with E-state index in [1.165, 1.54) is 11.6 Å². The lowest BCUT2D eigenvalue weighted by Crippen LogP contribution is -2.04. The van der Waals surface area contributed by atoms with Gasteiger partial charge in [0, 0.05) is 10.0 Å². The first kappa shape index (κ1) is 14.2. The molecule has 1 N–H and O–H groups in total. The summed E-state index contributed by atoms with van der Waals surface area (Å²) in [5.74, 6) is -0.403. The zero-order valence-electron chi connectivity index (χ0n) is 10.7. The van der Waals surface area contributed by atoms with Crippen LogP contribution in [0.1, 0.15) is 36.1 Å². The van der Waals surface area contributed by atoms with Crippen LogP contribution in [0.5, 0.6) is 0 Å². The Balaban J connectivity index is 2.31. The van der Waals surface area contributed by atoms with E-state index in [2.05, 4.69) is 22.9 Å². The lowest BCUT2D eigenvalue weighted by atomic mass is 9.99. The van der Waals surface area contributed by atoms with E-state index in [1.54, 1.807) is 12.1 Å². The van der Waals surface area contributed by atoms with Crippen LogP contribution in [-0.4, -0.2) is 5.11 Å². The largest absolute Gasteiger partial charge is 0.384 e. The molecule has 1 nitrogen and oxygen atoms in total. The van der Waals surface area contributed by atoms with Crippen molar-refractivity contribution in [2.24, 2.45) is 0 Å². The molecule has 2 rings (SSSR count). The molecule has 2 aromatic carbocycles. The SMILES string of the molecule is CCCc1ccc(C(O)c2c(F)cccc2Br)cc1. The summed E-state index contributed by atoms with van der Waals surface area (Å²) in [6, 6.07) is 12.4. The van der Waals surface area contributed by atoms with Gasteiger partial charge >= 0.3 is 0 Å². The topological polar surface area (TPSA) is 20.2 Å². The third-order valence-electron chi connectivity index (χ3n) is 3.11. The van der Waals surface area contributed by atoms with Gasteiger partial charge in [0.25, 0.3) is 0 Å². The molecule has 0 aliphatic heterocycles. The van der Waals surface area contributed by atoms with Gasteiger partial charge in [-0.1, -0.05) is 59.6 Å². The van der Waals surface area contributed by atoms with Crippen LogP contribution in [0.3, 0.4) is 0 Å². The maximum absolute atomic E-state index is 13.8. The van der Waals surface area contributed by atoms with Gasteiger partial charge in [-0.25, -0.2) is 4.39 Å². The maximum Gasteiger partial charge on any atom is 0.130 e. The lowest BCUT2D eigenvalue weighted by Gasteiger charge is -2.14. The predicted molar refractivity (Wildman–Crippen MR) is 78.6 cm³/mol. The van der Waals surface area contributed by atoms with Crippen LogP contribution < -0.4 is 0 Å². The van der Waals surface area contributed by atoms with E-state index < -0.39 is 11.9 Å². The molecule has 100 valence electrons. The van der Waals surface area contributed by atoms with Gasteiger partial charge in [-0.3, -0.25) is 0 Å². The molecule has 0 aromatic heterocycles. The highest BCUT2D eigenvalue weighted by atomic mass is 79.9. The number of aryl methyl sites for hydroxylation is 1. The molecule has 19 heavy (non-hydrogen) atoms. The summed E-state index contributed by atoms with van der Waals surface area (Å²) in [6.07, 6.45) is 1.15. The van der Waals surface area contributed by atoms with E-state index in [4.69, 9.17) is 0 Å². The van der Waals surface area contributed by atoms with E-state index in [-0.39, 0.29) is 5.56 Å². The lowest BCUT2D eigenvalue weighted by molar-refractivity contribution is 0.214. The molecule has 1 atom stereocenters. The van der Waals surface area contributed by atoms with Gasteiger partial charge in [0.1, 0.15) is 11.9 Å². The molecular formula is C16H16BrFO. The van der Waals surface area contributed by atoms with Gasteiger partial charge in [-0.05, 0) is 29.7 Å². The Hall–Kier alpha value is -1.19. The molecule has 0 saturated carbocycles. The van der Waals surface area contributed by atoms with Crippen molar-refractivity contribution < 1.29 is 9.50 Å². The van der Waals surface area contributed by atoms with Crippen molar-refractivity contribution in [2.75, 3.05) is 0 Å². The van der Waals surface area contributed by atoms with Gasteiger partial charge in [0.2, 0.25) is 0 Å². The Labute approximate surface area is 121 Å². The van der Waals surface area contributed by atoms with Crippen molar-refractivity contribution >= 4 is 15.9 Å². The summed E-state index contributed by atoms with van der Waals surface area (Å²) in [5.41, 5.74) is 2.21. The highest BCUT2D eigenvalue weighted by Gasteiger charge is 2.17. The van der Waals surface area contributed by atoms with Crippen molar-refractivity contribution in [3.63, 3.8) is 0 Å². The smallest absolute Gasteiger partial charge is 0.130 e. The van der Waals surface area contributed by atoms with E-state index >= 15 is 0 Å².